The molecule has 1 atom stereocenters. The minimum absolute atomic E-state index is 0.486. The Bertz CT molecular complexity index is 509. The molecule has 102 valence electrons. The first-order chi connectivity index (χ1) is 9.08. The normalized spacial score (nSPS) is 12.6. The van der Waals surface area contributed by atoms with Crippen molar-refractivity contribution < 1.29 is 9.52 Å². The second-order valence-electron chi connectivity index (χ2n) is 5.04. The SMILES string of the molecule is Cc1cc(C)c(CNCC(O)c2ccco2)c(C)c1. The highest BCUT2D eigenvalue weighted by Gasteiger charge is 2.10. The number of benzene rings is 1. The van der Waals surface area contributed by atoms with E-state index in [1.54, 1.807) is 18.4 Å². The summed E-state index contributed by atoms with van der Waals surface area (Å²) in [6, 6.07) is 7.95. The molecule has 0 saturated heterocycles. The fourth-order valence-electron chi connectivity index (χ4n) is 2.40. The molecule has 0 aliphatic carbocycles. The lowest BCUT2D eigenvalue weighted by Gasteiger charge is -2.14. The van der Waals surface area contributed by atoms with Crippen molar-refractivity contribution in [2.75, 3.05) is 6.54 Å². The maximum absolute atomic E-state index is 9.91. The highest BCUT2D eigenvalue weighted by Crippen LogP contribution is 2.17. The quantitative estimate of drug-likeness (QED) is 0.867. The molecular formula is C16H21NO2. The maximum atomic E-state index is 9.91. The number of nitrogens with one attached hydrogen (secondary N) is 1. The summed E-state index contributed by atoms with van der Waals surface area (Å²) >= 11 is 0. The van der Waals surface area contributed by atoms with E-state index in [9.17, 15) is 5.11 Å². The lowest BCUT2D eigenvalue weighted by Crippen LogP contribution is -2.21. The number of hydrogen-bond donors (Lipinski definition) is 2. The molecule has 3 nitrogen and oxygen atoms in total. The number of hydrogen-bond acceptors (Lipinski definition) is 3. The minimum Gasteiger partial charge on any atom is -0.467 e. The predicted octanol–water partition coefficient (Wildman–Crippen LogP) is 3.03. The number of furan rings is 1. The van der Waals surface area contributed by atoms with Gasteiger partial charge in [-0.3, -0.25) is 0 Å². The van der Waals surface area contributed by atoms with Crippen molar-refractivity contribution in [1.82, 2.24) is 5.32 Å². The van der Waals surface area contributed by atoms with Gasteiger partial charge in [0, 0.05) is 13.1 Å². The monoisotopic (exact) mass is 259 g/mol. The molecule has 3 heteroatoms. The molecule has 2 aromatic rings. The van der Waals surface area contributed by atoms with Crippen LogP contribution in [0.25, 0.3) is 0 Å². The van der Waals surface area contributed by atoms with Gasteiger partial charge < -0.3 is 14.8 Å². The van der Waals surface area contributed by atoms with Gasteiger partial charge in [0.2, 0.25) is 0 Å². The van der Waals surface area contributed by atoms with Crippen molar-refractivity contribution in [3.05, 3.63) is 58.5 Å². The van der Waals surface area contributed by atoms with Gasteiger partial charge in [0.25, 0.3) is 0 Å². The lowest BCUT2D eigenvalue weighted by atomic mass is 10.00. The van der Waals surface area contributed by atoms with Gasteiger partial charge in [0.1, 0.15) is 11.9 Å². The molecule has 1 heterocycles. The predicted molar refractivity (Wildman–Crippen MR) is 76.0 cm³/mol. The van der Waals surface area contributed by atoms with Gasteiger partial charge in [-0.2, -0.15) is 0 Å². The fourth-order valence-corrected chi connectivity index (χ4v) is 2.40. The van der Waals surface area contributed by atoms with E-state index in [2.05, 4.69) is 38.2 Å². The van der Waals surface area contributed by atoms with Gasteiger partial charge >= 0.3 is 0 Å². The Labute approximate surface area is 114 Å². The zero-order valence-corrected chi connectivity index (χ0v) is 11.7. The molecule has 2 N–H and O–H groups in total. The minimum atomic E-state index is -0.596. The Morgan fingerprint density at radius 2 is 1.89 bits per heavy atom. The van der Waals surface area contributed by atoms with Gasteiger partial charge in [-0.1, -0.05) is 17.7 Å². The number of aliphatic hydroxyl groups excluding tert-OH is 1. The van der Waals surface area contributed by atoms with Gasteiger partial charge in [-0.15, -0.1) is 0 Å². The molecule has 0 bridgehead atoms. The van der Waals surface area contributed by atoms with E-state index < -0.39 is 6.10 Å². The molecule has 19 heavy (non-hydrogen) atoms. The number of rotatable bonds is 5. The first-order valence-electron chi connectivity index (χ1n) is 6.57. The molecule has 1 aromatic heterocycles. The molecular weight excluding hydrogens is 238 g/mol. The van der Waals surface area contributed by atoms with Crippen LogP contribution in [0.3, 0.4) is 0 Å². The van der Waals surface area contributed by atoms with Crippen molar-refractivity contribution in [2.24, 2.45) is 0 Å². The van der Waals surface area contributed by atoms with Crippen LogP contribution in [0.1, 0.15) is 34.1 Å². The molecule has 0 spiro atoms. The van der Waals surface area contributed by atoms with Crippen molar-refractivity contribution in [2.45, 2.75) is 33.4 Å². The van der Waals surface area contributed by atoms with Crippen LogP contribution >= 0.6 is 0 Å². The molecule has 0 fully saturated rings. The van der Waals surface area contributed by atoms with Crippen LogP contribution in [0, 0.1) is 20.8 Å². The lowest BCUT2D eigenvalue weighted by molar-refractivity contribution is 0.147. The van der Waals surface area contributed by atoms with Crippen molar-refractivity contribution in [3.8, 4) is 0 Å². The maximum Gasteiger partial charge on any atom is 0.133 e. The standard InChI is InChI=1S/C16H21NO2/c1-11-7-12(2)14(13(3)8-11)9-17-10-15(18)16-5-4-6-19-16/h4-8,15,17-18H,9-10H2,1-3H3. The third-order valence-electron chi connectivity index (χ3n) is 3.35. The topological polar surface area (TPSA) is 45.4 Å². The summed E-state index contributed by atoms with van der Waals surface area (Å²) in [4.78, 5) is 0. The largest absolute Gasteiger partial charge is 0.467 e. The zero-order chi connectivity index (χ0) is 13.8. The van der Waals surface area contributed by atoms with Gasteiger partial charge in [0.15, 0.2) is 0 Å². The van der Waals surface area contributed by atoms with Crippen molar-refractivity contribution in [1.29, 1.82) is 0 Å². The van der Waals surface area contributed by atoms with Gasteiger partial charge in [-0.25, -0.2) is 0 Å². The van der Waals surface area contributed by atoms with E-state index in [1.807, 2.05) is 0 Å². The van der Waals surface area contributed by atoms with Crippen LogP contribution in [-0.4, -0.2) is 11.7 Å². The van der Waals surface area contributed by atoms with E-state index in [4.69, 9.17) is 4.42 Å². The van der Waals surface area contributed by atoms with Crippen LogP contribution in [0.15, 0.2) is 34.9 Å². The highest BCUT2D eigenvalue weighted by atomic mass is 16.4. The fraction of sp³-hybridized carbons (Fsp3) is 0.375. The summed E-state index contributed by atoms with van der Waals surface area (Å²) in [7, 11) is 0. The van der Waals surface area contributed by atoms with Crippen LogP contribution in [-0.2, 0) is 6.54 Å². The Morgan fingerprint density at radius 3 is 2.47 bits per heavy atom. The van der Waals surface area contributed by atoms with Gasteiger partial charge in [0.05, 0.1) is 6.26 Å². The van der Waals surface area contributed by atoms with E-state index in [-0.39, 0.29) is 0 Å². The van der Waals surface area contributed by atoms with Crippen molar-refractivity contribution >= 4 is 0 Å². The summed E-state index contributed by atoms with van der Waals surface area (Å²) in [6.45, 7) is 7.60. The average molecular weight is 259 g/mol. The smallest absolute Gasteiger partial charge is 0.133 e. The molecule has 1 unspecified atom stereocenters. The summed E-state index contributed by atoms with van der Waals surface area (Å²) in [5.74, 6) is 0.602. The summed E-state index contributed by atoms with van der Waals surface area (Å²) in [5, 5.41) is 13.2. The third-order valence-corrected chi connectivity index (χ3v) is 3.35. The molecule has 0 aliphatic rings. The molecule has 1 aromatic carbocycles. The van der Waals surface area contributed by atoms with Crippen molar-refractivity contribution in [3.63, 3.8) is 0 Å². The second kappa shape index (κ2) is 6.04. The first kappa shape index (κ1) is 13.8. The summed E-state index contributed by atoms with van der Waals surface area (Å²) in [6.07, 6.45) is 0.980. The highest BCUT2D eigenvalue weighted by molar-refractivity contribution is 5.37. The van der Waals surface area contributed by atoms with Crippen LogP contribution in [0.4, 0.5) is 0 Å². The molecule has 0 saturated carbocycles. The Kier molecular flexibility index (Phi) is 4.40. The number of aliphatic hydroxyl groups is 1. The van der Waals surface area contributed by atoms with E-state index >= 15 is 0 Å². The Morgan fingerprint density at radius 1 is 1.21 bits per heavy atom. The van der Waals surface area contributed by atoms with E-state index in [1.165, 1.54) is 22.3 Å². The Hall–Kier alpha value is -1.58. The summed E-state index contributed by atoms with van der Waals surface area (Å²) < 4.78 is 5.17. The molecule has 0 amide bonds. The molecule has 0 radical (unpaired) electrons. The number of aryl methyl sites for hydroxylation is 3. The van der Waals surface area contributed by atoms with Crippen LogP contribution in [0.2, 0.25) is 0 Å². The van der Waals surface area contributed by atoms with Gasteiger partial charge in [-0.05, 0) is 49.6 Å². The first-order valence-corrected chi connectivity index (χ1v) is 6.57. The molecule has 0 aliphatic heterocycles. The molecule has 2 rings (SSSR count). The second-order valence-corrected chi connectivity index (χ2v) is 5.04. The third kappa shape index (κ3) is 3.46. The zero-order valence-electron chi connectivity index (χ0n) is 11.7. The van der Waals surface area contributed by atoms with Crippen LogP contribution in [0.5, 0.6) is 0 Å². The van der Waals surface area contributed by atoms with E-state index in [0.717, 1.165) is 6.54 Å². The van der Waals surface area contributed by atoms with E-state index in [0.29, 0.717) is 12.3 Å². The average Bonchev–Trinajstić information content (AvgIpc) is 2.85. The Balaban J connectivity index is 1.93. The summed E-state index contributed by atoms with van der Waals surface area (Å²) in [5.41, 5.74) is 5.17. The van der Waals surface area contributed by atoms with Crippen LogP contribution < -0.4 is 5.32 Å².